The minimum atomic E-state index is 0.140. The summed E-state index contributed by atoms with van der Waals surface area (Å²) in [6, 6.07) is 3.61. The highest BCUT2D eigenvalue weighted by Gasteiger charge is 2.08. The number of hydrogen-bond acceptors (Lipinski definition) is 1. The average Bonchev–Trinajstić information content (AvgIpc) is 1.98. The molecule has 72 valence electrons. The van der Waals surface area contributed by atoms with Gasteiger partial charge in [-0.3, -0.25) is 0 Å². The van der Waals surface area contributed by atoms with Crippen LogP contribution in [0.3, 0.4) is 0 Å². The van der Waals surface area contributed by atoms with Crippen molar-refractivity contribution in [2.75, 3.05) is 0 Å². The van der Waals surface area contributed by atoms with E-state index in [1.54, 1.807) is 6.07 Å². The first kappa shape index (κ1) is 11.3. The Labute approximate surface area is 99.7 Å². The Morgan fingerprint density at radius 3 is 2.46 bits per heavy atom. The first-order valence-corrected chi connectivity index (χ1v) is 5.78. The second-order valence-corrected chi connectivity index (χ2v) is 4.95. The molecule has 0 bridgehead atoms. The van der Waals surface area contributed by atoms with Crippen LogP contribution in [0.15, 0.2) is 21.1 Å². The van der Waals surface area contributed by atoms with Crippen LogP contribution in [0.2, 0.25) is 5.02 Å². The van der Waals surface area contributed by atoms with Crippen LogP contribution < -0.4 is 4.74 Å². The van der Waals surface area contributed by atoms with E-state index in [-0.39, 0.29) is 6.10 Å². The summed E-state index contributed by atoms with van der Waals surface area (Å²) in [5, 5.41) is 0.658. The first-order valence-electron chi connectivity index (χ1n) is 3.82. The van der Waals surface area contributed by atoms with Gasteiger partial charge in [-0.15, -0.1) is 0 Å². The highest BCUT2D eigenvalue weighted by molar-refractivity contribution is 9.13. The van der Waals surface area contributed by atoms with Gasteiger partial charge in [0.05, 0.1) is 10.6 Å². The molecule has 0 aromatic heterocycles. The lowest BCUT2D eigenvalue weighted by molar-refractivity contribution is 0.240. The number of hydrogen-bond donors (Lipinski definition) is 0. The van der Waals surface area contributed by atoms with Crippen molar-refractivity contribution in [1.29, 1.82) is 0 Å². The third-order valence-corrected chi connectivity index (χ3v) is 3.52. The second-order valence-electron chi connectivity index (χ2n) is 2.87. The molecular formula is C9H9Br2ClO. The van der Waals surface area contributed by atoms with E-state index in [4.69, 9.17) is 16.3 Å². The molecule has 0 N–H and O–H groups in total. The smallest absolute Gasteiger partial charge is 0.136 e. The number of rotatable bonds is 2. The summed E-state index contributed by atoms with van der Waals surface area (Å²) in [6.45, 7) is 3.95. The Balaban J connectivity index is 3.05. The predicted molar refractivity (Wildman–Crippen MR) is 62.6 cm³/mol. The van der Waals surface area contributed by atoms with E-state index in [9.17, 15) is 0 Å². The number of benzene rings is 1. The largest absolute Gasteiger partial charge is 0.490 e. The van der Waals surface area contributed by atoms with Crippen molar-refractivity contribution >= 4 is 43.5 Å². The zero-order chi connectivity index (χ0) is 10.0. The molecule has 0 saturated carbocycles. The van der Waals surface area contributed by atoms with Crippen molar-refractivity contribution in [2.45, 2.75) is 20.0 Å². The van der Waals surface area contributed by atoms with Crippen molar-refractivity contribution in [3.8, 4) is 5.75 Å². The Bertz CT molecular complexity index is 313. The van der Waals surface area contributed by atoms with Gasteiger partial charge < -0.3 is 4.74 Å². The van der Waals surface area contributed by atoms with Crippen LogP contribution in [-0.4, -0.2) is 6.10 Å². The summed E-state index contributed by atoms with van der Waals surface area (Å²) >= 11 is 12.7. The molecule has 0 aliphatic heterocycles. The van der Waals surface area contributed by atoms with Crippen LogP contribution in [0.1, 0.15) is 13.8 Å². The number of ether oxygens (including phenoxy) is 1. The normalized spacial score (nSPS) is 10.6. The summed E-state index contributed by atoms with van der Waals surface area (Å²) in [6.07, 6.45) is 0.140. The van der Waals surface area contributed by atoms with Crippen LogP contribution in [0, 0.1) is 0 Å². The molecule has 1 aromatic rings. The van der Waals surface area contributed by atoms with Gasteiger partial charge in [0.2, 0.25) is 0 Å². The van der Waals surface area contributed by atoms with Crippen LogP contribution in [0.4, 0.5) is 0 Å². The molecule has 4 heteroatoms. The molecule has 0 heterocycles. The molecule has 1 rings (SSSR count). The van der Waals surface area contributed by atoms with Crippen LogP contribution in [0.25, 0.3) is 0 Å². The second kappa shape index (κ2) is 4.67. The van der Waals surface area contributed by atoms with Gasteiger partial charge in [0.1, 0.15) is 5.75 Å². The molecule has 0 fully saturated rings. The maximum Gasteiger partial charge on any atom is 0.136 e. The molecule has 0 atom stereocenters. The average molecular weight is 328 g/mol. The molecule has 1 aromatic carbocycles. The van der Waals surface area contributed by atoms with Crippen molar-refractivity contribution in [3.63, 3.8) is 0 Å². The van der Waals surface area contributed by atoms with E-state index in [0.717, 1.165) is 14.7 Å². The summed E-state index contributed by atoms with van der Waals surface area (Å²) in [5.41, 5.74) is 0. The van der Waals surface area contributed by atoms with E-state index in [0.29, 0.717) is 5.02 Å². The van der Waals surface area contributed by atoms with E-state index in [2.05, 4.69) is 31.9 Å². The Hall–Kier alpha value is 0.270. The first-order chi connectivity index (χ1) is 6.00. The zero-order valence-electron chi connectivity index (χ0n) is 7.27. The molecule has 0 spiro atoms. The molecule has 0 aliphatic rings. The van der Waals surface area contributed by atoms with Crippen LogP contribution >= 0.6 is 43.5 Å². The SMILES string of the molecule is CC(C)Oc1cc(Cl)cc(Br)c1Br. The molecular weight excluding hydrogens is 319 g/mol. The predicted octanol–water partition coefficient (Wildman–Crippen LogP) is 4.65. The fourth-order valence-electron chi connectivity index (χ4n) is 0.872. The van der Waals surface area contributed by atoms with Crippen LogP contribution in [0.5, 0.6) is 5.75 Å². The maximum atomic E-state index is 5.87. The van der Waals surface area contributed by atoms with Gasteiger partial charge in [0, 0.05) is 15.6 Å². The van der Waals surface area contributed by atoms with Crippen molar-refractivity contribution in [3.05, 3.63) is 26.1 Å². The summed E-state index contributed by atoms with van der Waals surface area (Å²) in [4.78, 5) is 0. The van der Waals surface area contributed by atoms with E-state index in [1.165, 1.54) is 0 Å². The quantitative estimate of drug-likeness (QED) is 0.718. The molecule has 0 saturated heterocycles. The zero-order valence-corrected chi connectivity index (χ0v) is 11.2. The van der Waals surface area contributed by atoms with Gasteiger partial charge in [0.15, 0.2) is 0 Å². The van der Waals surface area contributed by atoms with Gasteiger partial charge in [-0.05, 0) is 51.8 Å². The van der Waals surface area contributed by atoms with Gasteiger partial charge in [-0.25, -0.2) is 0 Å². The monoisotopic (exact) mass is 326 g/mol. The Kier molecular flexibility index (Phi) is 4.07. The van der Waals surface area contributed by atoms with Gasteiger partial charge >= 0.3 is 0 Å². The molecule has 1 nitrogen and oxygen atoms in total. The third kappa shape index (κ3) is 3.15. The highest BCUT2D eigenvalue weighted by atomic mass is 79.9. The molecule has 13 heavy (non-hydrogen) atoms. The fourth-order valence-corrected chi connectivity index (χ4v) is 1.98. The van der Waals surface area contributed by atoms with E-state index >= 15 is 0 Å². The van der Waals surface area contributed by atoms with Crippen molar-refractivity contribution in [2.24, 2.45) is 0 Å². The maximum absolute atomic E-state index is 5.87. The number of halogens is 3. The standard InChI is InChI=1S/C9H9Br2ClO/c1-5(2)13-8-4-6(12)3-7(10)9(8)11/h3-5H,1-2H3. The lowest BCUT2D eigenvalue weighted by atomic mass is 10.3. The summed E-state index contributed by atoms with van der Waals surface area (Å²) in [7, 11) is 0. The fraction of sp³-hybridized carbons (Fsp3) is 0.333. The minimum Gasteiger partial charge on any atom is -0.490 e. The van der Waals surface area contributed by atoms with Crippen molar-refractivity contribution in [1.82, 2.24) is 0 Å². The molecule has 0 amide bonds. The topological polar surface area (TPSA) is 9.23 Å². The van der Waals surface area contributed by atoms with Gasteiger partial charge in [0.25, 0.3) is 0 Å². The Morgan fingerprint density at radius 2 is 1.92 bits per heavy atom. The third-order valence-electron chi connectivity index (χ3n) is 1.32. The molecule has 0 unspecified atom stereocenters. The Morgan fingerprint density at radius 1 is 1.31 bits per heavy atom. The van der Waals surface area contributed by atoms with Crippen LogP contribution in [-0.2, 0) is 0 Å². The van der Waals surface area contributed by atoms with Gasteiger partial charge in [-0.1, -0.05) is 11.6 Å². The highest BCUT2D eigenvalue weighted by Crippen LogP contribution is 2.36. The minimum absolute atomic E-state index is 0.140. The summed E-state index contributed by atoms with van der Waals surface area (Å²) < 4.78 is 7.34. The van der Waals surface area contributed by atoms with Gasteiger partial charge in [-0.2, -0.15) is 0 Å². The van der Waals surface area contributed by atoms with Crippen molar-refractivity contribution < 1.29 is 4.74 Å². The summed E-state index contributed by atoms with van der Waals surface area (Å²) in [5.74, 6) is 0.759. The lowest BCUT2D eigenvalue weighted by Crippen LogP contribution is -2.06. The molecule has 0 aliphatic carbocycles. The van der Waals surface area contributed by atoms with E-state index < -0.39 is 0 Å². The van der Waals surface area contributed by atoms with E-state index in [1.807, 2.05) is 19.9 Å². The lowest BCUT2D eigenvalue weighted by Gasteiger charge is -2.12. The molecule has 0 radical (unpaired) electrons.